The van der Waals surface area contributed by atoms with E-state index < -0.39 is 11.7 Å². The molecule has 3 nitrogen and oxygen atoms in total. The van der Waals surface area contributed by atoms with Gasteiger partial charge in [-0.2, -0.15) is 13.2 Å². The highest BCUT2D eigenvalue weighted by atomic mass is 19.4. The summed E-state index contributed by atoms with van der Waals surface area (Å²) in [5, 5.41) is 3.75. The molecule has 0 saturated carbocycles. The van der Waals surface area contributed by atoms with Crippen LogP contribution in [0.3, 0.4) is 0 Å². The number of hydrogen-bond acceptors (Lipinski definition) is 1. The number of carbonyl (C=O) groups excluding carboxylic acids is 1. The summed E-state index contributed by atoms with van der Waals surface area (Å²) >= 11 is 0. The molecule has 1 N–H and O–H groups in total. The number of fused-ring (bicyclic) bond motifs is 1. The third kappa shape index (κ3) is 4.53. The Morgan fingerprint density at radius 3 is 2.19 bits per heavy atom. The number of hydrogen-bond donors (Lipinski definition) is 1. The Kier molecular flexibility index (Phi) is 5.38. The van der Waals surface area contributed by atoms with Gasteiger partial charge in [0.2, 0.25) is 5.91 Å². The van der Waals surface area contributed by atoms with E-state index in [1.807, 2.05) is 54.7 Å². The molecular formula is C25H19F3N2O. The average Bonchev–Trinajstić information content (AvgIpc) is 3.15. The smallest absolute Gasteiger partial charge is 0.343 e. The molecule has 4 rings (SSSR count). The van der Waals surface area contributed by atoms with Crippen LogP contribution >= 0.6 is 0 Å². The first-order chi connectivity index (χ1) is 14.8. The van der Waals surface area contributed by atoms with Crippen LogP contribution in [0, 0.1) is 0 Å². The topological polar surface area (TPSA) is 34.0 Å². The second-order valence-corrected chi connectivity index (χ2v) is 7.18. The normalized spacial score (nSPS) is 11.5. The van der Waals surface area contributed by atoms with Crippen molar-refractivity contribution in [2.45, 2.75) is 12.7 Å². The molecule has 31 heavy (non-hydrogen) atoms. The van der Waals surface area contributed by atoms with Gasteiger partial charge in [-0.1, -0.05) is 43.0 Å². The number of carbonyl (C=O) groups is 1. The van der Waals surface area contributed by atoms with E-state index in [0.29, 0.717) is 12.2 Å². The van der Waals surface area contributed by atoms with E-state index in [-0.39, 0.29) is 5.91 Å². The molecule has 0 spiro atoms. The third-order valence-corrected chi connectivity index (χ3v) is 5.08. The number of benzene rings is 3. The molecule has 6 heteroatoms. The van der Waals surface area contributed by atoms with E-state index in [0.717, 1.165) is 39.7 Å². The zero-order valence-corrected chi connectivity index (χ0v) is 16.5. The lowest BCUT2D eigenvalue weighted by Crippen LogP contribution is -2.07. The lowest BCUT2D eigenvalue weighted by atomic mass is 10.0. The molecule has 0 aliphatic carbocycles. The summed E-state index contributed by atoms with van der Waals surface area (Å²) in [4.78, 5) is 11.5. The van der Waals surface area contributed by atoms with Gasteiger partial charge >= 0.3 is 6.18 Å². The quantitative estimate of drug-likeness (QED) is 0.368. The predicted octanol–water partition coefficient (Wildman–Crippen LogP) is 6.50. The molecule has 0 saturated heterocycles. The Bertz CT molecular complexity index is 1240. The maximum absolute atomic E-state index is 12.7. The molecule has 0 bridgehead atoms. The van der Waals surface area contributed by atoms with Gasteiger partial charge in [0.1, 0.15) is 0 Å². The van der Waals surface area contributed by atoms with E-state index in [9.17, 15) is 18.0 Å². The first-order valence-corrected chi connectivity index (χ1v) is 9.62. The first-order valence-electron chi connectivity index (χ1n) is 9.62. The van der Waals surface area contributed by atoms with Gasteiger partial charge in [0.05, 0.1) is 5.56 Å². The zero-order chi connectivity index (χ0) is 22.0. The monoisotopic (exact) mass is 420 g/mol. The molecule has 156 valence electrons. The van der Waals surface area contributed by atoms with Gasteiger partial charge in [-0.15, -0.1) is 0 Å². The van der Waals surface area contributed by atoms with Crippen molar-refractivity contribution in [1.29, 1.82) is 0 Å². The number of anilines is 1. The second-order valence-electron chi connectivity index (χ2n) is 7.18. The van der Waals surface area contributed by atoms with E-state index >= 15 is 0 Å². The molecule has 1 heterocycles. The van der Waals surface area contributed by atoms with Gasteiger partial charge in [0.25, 0.3) is 0 Å². The second kappa shape index (κ2) is 8.14. The van der Waals surface area contributed by atoms with Crippen molar-refractivity contribution in [3.05, 3.63) is 103 Å². The van der Waals surface area contributed by atoms with Gasteiger partial charge < -0.3 is 9.88 Å². The number of aromatic nitrogens is 1. The standard InChI is InChI=1S/C25H19F3N2O/c1-2-24(31)29-22-11-12-23-20(15-22)13-14-30(23)16-17-3-5-18(6-4-17)19-7-9-21(10-8-19)25(26,27)28/h2-15H,1,16H2,(H,29,31). The van der Waals surface area contributed by atoms with Crippen LogP contribution in [0.4, 0.5) is 18.9 Å². The average molecular weight is 420 g/mol. The van der Waals surface area contributed by atoms with Crippen LogP contribution in [0.2, 0.25) is 0 Å². The molecule has 0 radical (unpaired) electrons. The van der Waals surface area contributed by atoms with Gasteiger partial charge in [-0.3, -0.25) is 4.79 Å². The number of rotatable bonds is 5. The summed E-state index contributed by atoms with van der Waals surface area (Å²) in [6, 6.07) is 20.6. The van der Waals surface area contributed by atoms with Gasteiger partial charge in [-0.25, -0.2) is 0 Å². The van der Waals surface area contributed by atoms with Crippen molar-refractivity contribution in [1.82, 2.24) is 4.57 Å². The fraction of sp³-hybridized carbons (Fsp3) is 0.0800. The summed E-state index contributed by atoms with van der Waals surface area (Å²) in [5.41, 5.74) is 3.74. The minimum absolute atomic E-state index is 0.257. The Morgan fingerprint density at radius 1 is 0.935 bits per heavy atom. The lowest BCUT2D eigenvalue weighted by Gasteiger charge is -2.10. The Morgan fingerprint density at radius 2 is 1.58 bits per heavy atom. The van der Waals surface area contributed by atoms with Crippen LogP contribution in [0.5, 0.6) is 0 Å². The van der Waals surface area contributed by atoms with E-state index in [4.69, 9.17) is 0 Å². The molecule has 0 aliphatic rings. The van der Waals surface area contributed by atoms with Crippen LogP contribution in [0.25, 0.3) is 22.0 Å². The molecule has 1 aromatic heterocycles. The highest BCUT2D eigenvalue weighted by molar-refractivity contribution is 6.00. The van der Waals surface area contributed by atoms with Crippen molar-refractivity contribution in [2.75, 3.05) is 5.32 Å². The van der Waals surface area contributed by atoms with Gasteiger partial charge in [0, 0.05) is 29.3 Å². The molecule has 1 amide bonds. The molecule has 4 aromatic rings. The summed E-state index contributed by atoms with van der Waals surface area (Å²) in [6.45, 7) is 4.10. The minimum Gasteiger partial charge on any atom is -0.343 e. The van der Waals surface area contributed by atoms with Crippen LogP contribution < -0.4 is 5.32 Å². The zero-order valence-electron chi connectivity index (χ0n) is 16.5. The third-order valence-electron chi connectivity index (χ3n) is 5.08. The Labute approximate surface area is 177 Å². The van der Waals surface area contributed by atoms with Crippen molar-refractivity contribution in [2.24, 2.45) is 0 Å². The van der Waals surface area contributed by atoms with Crippen LogP contribution in [-0.4, -0.2) is 10.5 Å². The van der Waals surface area contributed by atoms with E-state index in [1.165, 1.54) is 18.2 Å². The fourth-order valence-electron chi connectivity index (χ4n) is 3.46. The summed E-state index contributed by atoms with van der Waals surface area (Å²) in [6.07, 6.45) is -1.13. The number of nitrogens with zero attached hydrogens (tertiary/aromatic N) is 1. The van der Waals surface area contributed by atoms with Gasteiger partial charge in [-0.05, 0) is 59.2 Å². The molecular weight excluding hydrogens is 401 g/mol. The number of amides is 1. The number of alkyl halides is 3. The predicted molar refractivity (Wildman–Crippen MR) is 117 cm³/mol. The number of nitrogens with one attached hydrogen (secondary N) is 1. The highest BCUT2D eigenvalue weighted by Crippen LogP contribution is 2.31. The summed E-state index contributed by atoms with van der Waals surface area (Å²) in [5.74, 6) is -0.257. The molecule has 0 atom stereocenters. The largest absolute Gasteiger partial charge is 0.416 e. The fourth-order valence-corrected chi connectivity index (χ4v) is 3.46. The van der Waals surface area contributed by atoms with E-state index in [1.54, 1.807) is 0 Å². The highest BCUT2D eigenvalue weighted by Gasteiger charge is 2.29. The number of halogens is 3. The van der Waals surface area contributed by atoms with Crippen molar-refractivity contribution >= 4 is 22.5 Å². The SMILES string of the molecule is C=CC(=O)Nc1ccc2c(ccn2Cc2ccc(-c3ccc(C(F)(F)F)cc3)cc2)c1. The Hall–Kier alpha value is -3.80. The van der Waals surface area contributed by atoms with Crippen molar-refractivity contribution in [3.63, 3.8) is 0 Å². The maximum atomic E-state index is 12.7. The lowest BCUT2D eigenvalue weighted by molar-refractivity contribution is -0.137. The molecule has 0 unspecified atom stereocenters. The molecule has 0 fully saturated rings. The molecule has 0 aliphatic heterocycles. The van der Waals surface area contributed by atoms with E-state index in [2.05, 4.69) is 16.5 Å². The van der Waals surface area contributed by atoms with Crippen LogP contribution in [0.1, 0.15) is 11.1 Å². The minimum atomic E-state index is -4.33. The van der Waals surface area contributed by atoms with Crippen molar-refractivity contribution < 1.29 is 18.0 Å². The van der Waals surface area contributed by atoms with Crippen LogP contribution in [-0.2, 0) is 17.5 Å². The molecule has 3 aromatic carbocycles. The van der Waals surface area contributed by atoms with Crippen molar-refractivity contribution in [3.8, 4) is 11.1 Å². The first kappa shape index (κ1) is 20.5. The van der Waals surface area contributed by atoms with Gasteiger partial charge in [0.15, 0.2) is 0 Å². The Balaban J connectivity index is 1.50. The summed E-state index contributed by atoms with van der Waals surface area (Å²) in [7, 11) is 0. The maximum Gasteiger partial charge on any atom is 0.416 e. The van der Waals surface area contributed by atoms with Crippen LogP contribution in [0.15, 0.2) is 91.6 Å². The summed E-state index contributed by atoms with van der Waals surface area (Å²) < 4.78 is 40.3.